The van der Waals surface area contributed by atoms with E-state index in [0.717, 1.165) is 18.4 Å². The van der Waals surface area contributed by atoms with Crippen LogP contribution in [0.4, 0.5) is 0 Å². The zero-order valence-corrected chi connectivity index (χ0v) is 14.3. The van der Waals surface area contributed by atoms with E-state index < -0.39 is 11.9 Å². The highest BCUT2D eigenvalue weighted by molar-refractivity contribution is 5.95. The van der Waals surface area contributed by atoms with Gasteiger partial charge >= 0.3 is 5.97 Å². The van der Waals surface area contributed by atoms with Gasteiger partial charge in [-0.25, -0.2) is 0 Å². The first-order chi connectivity index (χ1) is 11.5. The largest absolute Gasteiger partial charge is 0.481 e. The lowest BCUT2D eigenvalue weighted by Crippen LogP contribution is -2.29. The van der Waals surface area contributed by atoms with E-state index in [1.807, 2.05) is 38.1 Å². The van der Waals surface area contributed by atoms with E-state index in [0.29, 0.717) is 31.2 Å². The lowest BCUT2D eigenvalue weighted by atomic mass is 9.92. The molecule has 1 saturated heterocycles. The number of carboxylic acid groups (broad SMARTS) is 1. The van der Waals surface area contributed by atoms with Gasteiger partial charge in [-0.1, -0.05) is 12.1 Å². The van der Waals surface area contributed by atoms with Crippen molar-refractivity contribution in [2.45, 2.75) is 39.4 Å². The molecule has 1 N–H and O–H groups in total. The quantitative estimate of drug-likeness (QED) is 0.870. The first-order valence-electron chi connectivity index (χ1n) is 8.68. The second-order valence-corrected chi connectivity index (χ2v) is 7.21. The highest BCUT2D eigenvalue weighted by Gasteiger charge is 2.46. The van der Waals surface area contributed by atoms with Crippen molar-refractivity contribution in [1.82, 2.24) is 4.90 Å². The summed E-state index contributed by atoms with van der Waals surface area (Å²) in [5.41, 5.74) is 1.64. The van der Waals surface area contributed by atoms with E-state index in [-0.39, 0.29) is 17.9 Å². The standard InChI is InChI=1S/C19H25NO4/c1-12(2)24-11-13-3-5-15(6-4-13)18(21)20-9-16(14-7-8-14)17(10-20)19(22)23/h3-6,12,14,16-17H,7-11H2,1-2H3,(H,22,23)/t16-,17+/m1/s1. The number of carboxylic acids is 1. The van der Waals surface area contributed by atoms with Gasteiger partial charge in [-0.3, -0.25) is 9.59 Å². The molecule has 1 aliphatic carbocycles. The van der Waals surface area contributed by atoms with Crippen molar-refractivity contribution in [3.05, 3.63) is 35.4 Å². The highest BCUT2D eigenvalue weighted by Crippen LogP contribution is 2.44. The van der Waals surface area contributed by atoms with E-state index in [1.54, 1.807) is 4.90 Å². The van der Waals surface area contributed by atoms with Crippen molar-refractivity contribution in [3.8, 4) is 0 Å². The maximum absolute atomic E-state index is 12.7. The van der Waals surface area contributed by atoms with Crippen LogP contribution >= 0.6 is 0 Å². The Hall–Kier alpha value is -1.88. The zero-order chi connectivity index (χ0) is 17.3. The van der Waals surface area contributed by atoms with Crippen LogP contribution in [0.2, 0.25) is 0 Å². The summed E-state index contributed by atoms with van der Waals surface area (Å²) in [6.45, 7) is 5.40. The molecule has 2 fully saturated rings. The Morgan fingerprint density at radius 3 is 2.42 bits per heavy atom. The zero-order valence-electron chi connectivity index (χ0n) is 14.3. The number of likely N-dealkylation sites (tertiary alicyclic amines) is 1. The molecule has 1 saturated carbocycles. The summed E-state index contributed by atoms with van der Waals surface area (Å²) in [6.07, 6.45) is 2.37. The van der Waals surface area contributed by atoms with Crippen molar-refractivity contribution < 1.29 is 19.4 Å². The summed E-state index contributed by atoms with van der Waals surface area (Å²) in [7, 11) is 0. The van der Waals surface area contributed by atoms with Crippen molar-refractivity contribution in [2.75, 3.05) is 13.1 Å². The molecule has 0 bridgehead atoms. The van der Waals surface area contributed by atoms with Crippen LogP contribution in [0, 0.1) is 17.8 Å². The molecular weight excluding hydrogens is 306 g/mol. The van der Waals surface area contributed by atoms with Gasteiger partial charge in [0.2, 0.25) is 0 Å². The summed E-state index contributed by atoms with van der Waals surface area (Å²) < 4.78 is 5.56. The maximum Gasteiger partial charge on any atom is 0.308 e. The van der Waals surface area contributed by atoms with Crippen LogP contribution < -0.4 is 0 Å². The van der Waals surface area contributed by atoms with Crippen molar-refractivity contribution >= 4 is 11.9 Å². The molecular formula is C19H25NO4. The summed E-state index contributed by atoms with van der Waals surface area (Å²) >= 11 is 0. The highest BCUT2D eigenvalue weighted by atomic mass is 16.5. The third-order valence-electron chi connectivity index (χ3n) is 4.98. The molecule has 0 spiro atoms. The van der Waals surface area contributed by atoms with Crippen molar-refractivity contribution in [2.24, 2.45) is 17.8 Å². The number of benzene rings is 1. The van der Waals surface area contributed by atoms with Gasteiger partial charge in [0.05, 0.1) is 18.6 Å². The number of ether oxygens (including phenoxy) is 1. The number of carbonyl (C=O) groups is 2. The fraction of sp³-hybridized carbons (Fsp3) is 0.579. The number of amides is 1. The lowest BCUT2D eigenvalue weighted by Gasteiger charge is -2.16. The van der Waals surface area contributed by atoms with Crippen LogP contribution in [0.25, 0.3) is 0 Å². The fourth-order valence-corrected chi connectivity index (χ4v) is 3.45. The van der Waals surface area contributed by atoms with Crippen LogP contribution in [0.15, 0.2) is 24.3 Å². The van der Waals surface area contributed by atoms with Crippen LogP contribution in [0.3, 0.4) is 0 Å². The monoisotopic (exact) mass is 331 g/mol. The van der Waals surface area contributed by atoms with E-state index in [4.69, 9.17) is 4.74 Å². The Balaban J connectivity index is 1.64. The number of hydrogen-bond donors (Lipinski definition) is 1. The minimum Gasteiger partial charge on any atom is -0.481 e. The van der Waals surface area contributed by atoms with Crippen LogP contribution in [-0.2, 0) is 16.1 Å². The summed E-state index contributed by atoms with van der Waals surface area (Å²) in [5.74, 6) is -0.658. The Kier molecular flexibility index (Phi) is 4.90. The molecule has 5 nitrogen and oxygen atoms in total. The topological polar surface area (TPSA) is 66.8 Å². The van der Waals surface area contributed by atoms with E-state index in [9.17, 15) is 14.7 Å². The van der Waals surface area contributed by atoms with Gasteiger partial charge in [-0.15, -0.1) is 0 Å². The van der Waals surface area contributed by atoms with Crippen LogP contribution in [0.1, 0.15) is 42.6 Å². The van der Waals surface area contributed by atoms with Gasteiger partial charge in [0, 0.05) is 18.7 Å². The molecule has 24 heavy (non-hydrogen) atoms. The van der Waals surface area contributed by atoms with Gasteiger partial charge in [-0.2, -0.15) is 0 Å². The molecule has 1 aliphatic heterocycles. The smallest absolute Gasteiger partial charge is 0.308 e. The molecule has 0 unspecified atom stereocenters. The molecule has 2 aliphatic rings. The first-order valence-corrected chi connectivity index (χ1v) is 8.68. The average molecular weight is 331 g/mol. The normalized spacial score (nSPS) is 23.7. The summed E-state index contributed by atoms with van der Waals surface area (Å²) in [6, 6.07) is 7.42. The van der Waals surface area contributed by atoms with Crippen molar-refractivity contribution in [1.29, 1.82) is 0 Å². The number of carbonyl (C=O) groups excluding carboxylic acids is 1. The Morgan fingerprint density at radius 2 is 1.88 bits per heavy atom. The number of nitrogens with zero attached hydrogens (tertiary/aromatic N) is 1. The van der Waals surface area contributed by atoms with Gasteiger partial charge in [-0.05, 0) is 56.2 Å². The Bertz CT molecular complexity index is 606. The minimum atomic E-state index is -0.775. The molecule has 1 aromatic rings. The van der Waals surface area contributed by atoms with Gasteiger partial charge in [0.25, 0.3) is 5.91 Å². The molecule has 5 heteroatoms. The third kappa shape index (κ3) is 3.78. The lowest BCUT2D eigenvalue weighted by molar-refractivity contribution is -0.142. The van der Waals surface area contributed by atoms with Gasteiger partial charge in [0.15, 0.2) is 0 Å². The maximum atomic E-state index is 12.7. The van der Waals surface area contributed by atoms with Gasteiger partial charge in [0.1, 0.15) is 0 Å². The molecule has 1 amide bonds. The second kappa shape index (κ2) is 6.93. The van der Waals surface area contributed by atoms with E-state index in [2.05, 4.69) is 0 Å². The van der Waals surface area contributed by atoms with E-state index >= 15 is 0 Å². The Labute approximate surface area is 142 Å². The van der Waals surface area contributed by atoms with Gasteiger partial charge < -0.3 is 14.7 Å². The predicted octanol–water partition coefficient (Wildman–Crippen LogP) is 2.79. The molecule has 0 radical (unpaired) electrons. The van der Waals surface area contributed by atoms with Crippen LogP contribution in [-0.4, -0.2) is 41.1 Å². The summed E-state index contributed by atoms with van der Waals surface area (Å²) in [5, 5.41) is 9.42. The summed E-state index contributed by atoms with van der Waals surface area (Å²) in [4.78, 5) is 25.9. The van der Waals surface area contributed by atoms with Crippen LogP contribution in [0.5, 0.6) is 0 Å². The average Bonchev–Trinajstić information content (AvgIpc) is 3.30. The van der Waals surface area contributed by atoms with E-state index in [1.165, 1.54) is 0 Å². The fourth-order valence-electron chi connectivity index (χ4n) is 3.45. The predicted molar refractivity (Wildman–Crippen MR) is 89.6 cm³/mol. The molecule has 1 heterocycles. The molecule has 1 aromatic carbocycles. The number of rotatable bonds is 6. The molecule has 2 atom stereocenters. The third-order valence-corrected chi connectivity index (χ3v) is 4.98. The first kappa shape index (κ1) is 17.0. The van der Waals surface area contributed by atoms with Crippen molar-refractivity contribution in [3.63, 3.8) is 0 Å². The number of hydrogen-bond acceptors (Lipinski definition) is 3. The Morgan fingerprint density at radius 1 is 1.21 bits per heavy atom. The SMILES string of the molecule is CC(C)OCc1ccc(C(=O)N2C[C@H](C(=O)O)[C@@H](C3CC3)C2)cc1. The second-order valence-electron chi connectivity index (χ2n) is 7.21. The minimum absolute atomic E-state index is 0.0688. The number of aliphatic carboxylic acids is 1. The molecule has 0 aromatic heterocycles. The molecule has 130 valence electrons. The molecule has 3 rings (SSSR count).